The zero-order valence-corrected chi connectivity index (χ0v) is 13.1. The number of aldehydes is 1. The van der Waals surface area contributed by atoms with E-state index >= 15 is 0 Å². The summed E-state index contributed by atoms with van der Waals surface area (Å²) in [7, 11) is 0. The second-order valence-corrected chi connectivity index (χ2v) is 5.39. The number of aromatic nitrogens is 2. The lowest BCUT2D eigenvalue weighted by Crippen LogP contribution is -2.07. The van der Waals surface area contributed by atoms with Crippen molar-refractivity contribution in [3.05, 3.63) is 51.0 Å². The Morgan fingerprint density at radius 2 is 2.10 bits per heavy atom. The van der Waals surface area contributed by atoms with E-state index in [4.69, 9.17) is 0 Å². The van der Waals surface area contributed by atoms with Crippen LogP contribution < -0.4 is 0 Å². The molecule has 0 N–H and O–H groups in total. The number of hydrogen-bond acceptors (Lipinski definition) is 2. The smallest absolute Gasteiger partial charge is 0.153 e. The number of hydrogen-bond donors (Lipinski definition) is 0. The van der Waals surface area contributed by atoms with E-state index in [1.54, 1.807) is 12.1 Å². The zero-order valence-electron chi connectivity index (χ0n) is 11.5. The highest BCUT2D eigenvalue weighted by molar-refractivity contribution is 9.10. The molecule has 1 heterocycles. The maximum absolute atomic E-state index is 13.2. The topological polar surface area (TPSA) is 34.9 Å². The number of carbonyl (C=O) groups excluding carboxylic acids is 1. The van der Waals surface area contributed by atoms with Gasteiger partial charge in [0.15, 0.2) is 6.29 Å². The first-order valence-electron chi connectivity index (χ1n) is 6.58. The second-order valence-electron chi connectivity index (χ2n) is 4.54. The van der Waals surface area contributed by atoms with Gasteiger partial charge in [-0.15, -0.1) is 0 Å². The Morgan fingerprint density at radius 3 is 2.65 bits per heavy atom. The van der Waals surface area contributed by atoms with Gasteiger partial charge >= 0.3 is 0 Å². The standard InChI is InChI=1S/C15H16BrFN2O/c1-3-14-11(9-20)15(4-2)19(18-14)8-10-5-6-13(17)12(16)7-10/h5-7,9H,3-4,8H2,1-2H3. The highest BCUT2D eigenvalue weighted by Crippen LogP contribution is 2.20. The van der Waals surface area contributed by atoms with Crippen LogP contribution in [0.3, 0.4) is 0 Å². The van der Waals surface area contributed by atoms with Crippen LogP contribution in [-0.2, 0) is 19.4 Å². The monoisotopic (exact) mass is 338 g/mol. The van der Waals surface area contributed by atoms with E-state index < -0.39 is 0 Å². The van der Waals surface area contributed by atoms with E-state index in [0.717, 1.165) is 36.1 Å². The van der Waals surface area contributed by atoms with Gasteiger partial charge in [0.05, 0.1) is 22.3 Å². The number of rotatable bonds is 5. The van der Waals surface area contributed by atoms with Gasteiger partial charge in [-0.2, -0.15) is 5.10 Å². The van der Waals surface area contributed by atoms with Crippen molar-refractivity contribution in [2.75, 3.05) is 0 Å². The molecule has 0 radical (unpaired) electrons. The largest absolute Gasteiger partial charge is 0.298 e. The molecule has 0 spiro atoms. The van der Waals surface area contributed by atoms with Crippen molar-refractivity contribution in [3.8, 4) is 0 Å². The highest BCUT2D eigenvalue weighted by atomic mass is 79.9. The Hall–Kier alpha value is -1.49. The fourth-order valence-electron chi connectivity index (χ4n) is 2.28. The molecule has 0 amide bonds. The lowest BCUT2D eigenvalue weighted by molar-refractivity contribution is 0.112. The Morgan fingerprint density at radius 1 is 1.35 bits per heavy atom. The average molecular weight is 339 g/mol. The Kier molecular flexibility index (Phi) is 4.70. The van der Waals surface area contributed by atoms with Gasteiger partial charge in [-0.05, 0) is 46.5 Å². The predicted molar refractivity (Wildman–Crippen MR) is 79.6 cm³/mol. The van der Waals surface area contributed by atoms with E-state index in [1.165, 1.54) is 6.07 Å². The third-order valence-electron chi connectivity index (χ3n) is 3.28. The molecule has 2 rings (SSSR count). The van der Waals surface area contributed by atoms with Crippen molar-refractivity contribution >= 4 is 22.2 Å². The molecular weight excluding hydrogens is 323 g/mol. The van der Waals surface area contributed by atoms with Crippen LogP contribution in [0.1, 0.15) is 41.2 Å². The minimum atomic E-state index is -0.284. The first-order chi connectivity index (χ1) is 9.60. The normalized spacial score (nSPS) is 10.8. The summed E-state index contributed by atoms with van der Waals surface area (Å²) in [6.45, 7) is 4.51. The van der Waals surface area contributed by atoms with Crippen LogP contribution in [-0.4, -0.2) is 16.1 Å². The van der Waals surface area contributed by atoms with Crippen LogP contribution >= 0.6 is 15.9 Å². The van der Waals surface area contributed by atoms with Gasteiger partial charge in [-0.3, -0.25) is 9.48 Å². The molecular formula is C15H16BrFN2O. The number of halogens is 2. The Bertz CT molecular complexity index is 637. The number of nitrogens with zero attached hydrogens (tertiary/aromatic N) is 2. The van der Waals surface area contributed by atoms with E-state index in [0.29, 0.717) is 16.6 Å². The molecule has 20 heavy (non-hydrogen) atoms. The molecule has 5 heteroatoms. The van der Waals surface area contributed by atoms with Crippen molar-refractivity contribution in [2.24, 2.45) is 0 Å². The van der Waals surface area contributed by atoms with Gasteiger partial charge in [-0.25, -0.2) is 4.39 Å². The SMILES string of the molecule is CCc1nn(Cc2ccc(F)c(Br)c2)c(CC)c1C=O. The summed E-state index contributed by atoms with van der Waals surface area (Å²) >= 11 is 3.18. The van der Waals surface area contributed by atoms with E-state index in [9.17, 15) is 9.18 Å². The molecule has 2 aromatic rings. The second kappa shape index (κ2) is 6.31. The van der Waals surface area contributed by atoms with E-state index in [2.05, 4.69) is 21.0 Å². The van der Waals surface area contributed by atoms with Crippen molar-refractivity contribution < 1.29 is 9.18 Å². The molecule has 0 fully saturated rings. The summed E-state index contributed by atoms with van der Waals surface area (Å²) in [6, 6.07) is 4.89. The van der Waals surface area contributed by atoms with Gasteiger partial charge in [0, 0.05) is 5.69 Å². The molecule has 1 aromatic carbocycles. The lowest BCUT2D eigenvalue weighted by atomic mass is 10.1. The lowest BCUT2D eigenvalue weighted by Gasteiger charge is -2.07. The molecule has 0 atom stereocenters. The highest BCUT2D eigenvalue weighted by Gasteiger charge is 2.15. The predicted octanol–water partition coefficient (Wildman–Crippen LogP) is 3.77. The van der Waals surface area contributed by atoms with Crippen molar-refractivity contribution in [3.63, 3.8) is 0 Å². The molecule has 0 aliphatic heterocycles. The number of carbonyl (C=O) groups is 1. The molecule has 0 bridgehead atoms. The Labute approximate surface area is 125 Å². The fourth-order valence-corrected chi connectivity index (χ4v) is 2.70. The van der Waals surface area contributed by atoms with Crippen molar-refractivity contribution in [1.82, 2.24) is 9.78 Å². The van der Waals surface area contributed by atoms with Crippen LogP contribution in [0, 0.1) is 5.82 Å². The molecule has 1 aromatic heterocycles. The van der Waals surface area contributed by atoms with Crippen LogP contribution in [0.4, 0.5) is 4.39 Å². The minimum Gasteiger partial charge on any atom is -0.298 e. The average Bonchev–Trinajstić information content (AvgIpc) is 2.79. The Balaban J connectivity index is 2.39. The van der Waals surface area contributed by atoms with E-state index in [1.807, 2.05) is 18.5 Å². The summed E-state index contributed by atoms with van der Waals surface area (Å²) < 4.78 is 15.5. The first kappa shape index (κ1) is 14.9. The quantitative estimate of drug-likeness (QED) is 0.778. The van der Waals surface area contributed by atoms with Crippen molar-refractivity contribution in [1.29, 1.82) is 0 Å². The summed E-state index contributed by atoms with van der Waals surface area (Å²) in [6.07, 6.45) is 2.34. The van der Waals surface area contributed by atoms with Crippen LogP contribution in [0.5, 0.6) is 0 Å². The summed E-state index contributed by atoms with van der Waals surface area (Å²) in [4.78, 5) is 11.2. The van der Waals surface area contributed by atoms with Gasteiger partial charge in [0.2, 0.25) is 0 Å². The molecule has 0 saturated carbocycles. The molecule has 106 valence electrons. The molecule has 0 unspecified atom stereocenters. The van der Waals surface area contributed by atoms with Crippen LogP contribution in [0.15, 0.2) is 22.7 Å². The van der Waals surface area contributed by atoms with Gasteiger partial charge < -0.3 is 0 Å². The van der Waals surface area contributed by atoms with E-state index in [-0.39, 0.29) is 5.82 Å². The number of aryl methyl sites for hydroxylation is 1. The van der Waals surface area contributed by atoms with Gasteiger partial charge in [0.1, 0.15) is 5.82 Å². The minimum absolute atomic E-state index is 0.284. The van der Waals surface area contributed by atoms with Crippen LogP contribution in [0.25, 0.3) is 0 Å². The first-order valence-corrected chi connectivity index (χ1v) is 7.37. The van der Waals surface area contributed by atoms with Crippen molar-refractivity contribution in [2.45, 2.75) is 33.2 Å². The molecule has 0 aliphatic carbocycles. The third-order valence-corrected chi connectivity index (χ3v) is 3.89. The summed E-state index contributed by atoms with van der Waals surface area (Å²) in [5.74, 6) is -0.284. The molecule has 3 nitrogen and oxygen atoms in total. The third kappa shape index (κ3) is 2.82. The maximum atomic E-state index is 13.2. The van der Waals surface area contributed by atoms with Gasteiger partial charge in [0.25, 0.3) is 0 Å². The number of benzene rings is 1. The van der Waals surface area contributed by atoms with Gasteiger partial charge in [-0.1, -0.05) is 19.9 Å². The maximum Gasteiger partial charge on any atom is 0.153 e. The fraction of sp³-hybridized carbons (Fsp3) is 0.333. The summed E-state index contributed by atoms with van der Waals surface area (Å²) in [5, 5.41) is 4.49. The van der Waals surface area contributed by atoms with Crippen LogP contribution in [0.2, 0.25) is 0 Å². The summed E-state index contributed by atoms with van der Waals surface area (Å²) in [5.41, 5.74) is 3.38. The molecule has 0 saturated heterocycles. The zero-order chi connectivity index (χ0) is 14.7. The molecule has 0 aliphatic rings.